The maximum absolute atomic E-state index is 14.2. The molecule has 10 nitrogen and oxygen atoms in total. The lowest BCUT2D eigenvalue weighted by Crippen LogP contribution is -2.47. The Bertz CT molecular complexity index is 1710. The van der Waals surface area contributed by atoms with E-state index < -0.39 is 45.5 Å². The van der Waals surface area contributed by atoms with Crippen LogP contribution in [0, 0.1) is 11.8 Å². The molecule has 0 aliphatic heterocycles. The minimum Gasteiger partial charge on any atom is -0.285 e. The van der Waals surface area contributed by atoms with Gasteiger partial charge in [0.15, 0.2) is 19.7 Å². The molecule has 0 heterocycles. The largest absolute Gasteiger partial charge is 0.285 e. The Balaban J connectivity index is 0.816. The molecular weight excluding hydrogens is 945 g/mol. The average molecular weight is 1020 g/mol. The Kier molecular flexibility index (Phi) is 19.3. The quantitative estimate of drug-likeness (QED) is 0.0650. The summed E-state index contributed by atoms with van der Waals surface area (Å²) in [6, 6.07) is 0. The standard InChI is InChI=1S/C44H76O10S8/c1-29-3-7-35(8-4-29)58-42-26-24-40(28-44(42)62(50,51)52)61(48,49)39-23-25-41(43(27-39)59-54-53-45)57-36-15-13-33(14-16-36)55-31-9-11-32(12-10-31)56-34-17-21-38(22-18-34)60(46,47)37-19-5-30(2)6-20-37/h29-45H,3-28H2,1-2H3,(H,50,51,52). The van der Waals surface area contributed by atoms with Crippen LogP contribution >= 0.6 is 59.1 Å². The van der Waals surface area contributed by atoms with Gasteiger partial charge in [0.25, 0.3) is 10.1 Å². The normalized spacial score (nSPS) is 42.0. The molecule has 6 unspecified atom stereocenters. The van der Waals surface area contributed by atoms with Gasteiger partial charge in [0.05, 0.1) is 26.2 Å². The first-order valence-corrected chi connectivity index (χ1v) is 33.5. The highest BCUT2D eigenvalue weighted by Crippen LogP contribution is 2.49. The van der Waals surface area contributed by atoms with E-state index in [1.807, 2.05) is 11.8 Å². The van der Waals surface area contributed by atoms with Crippen molar-refractivity contribution in [2.24, 2.45) is 11.8 Å². The molecule has 0 aromatic carbocycles. The van der Waals surface area contributed by atoms with Crippen molar-refractivity contribution >= 4 is 88.9 Å². The summed E-state index contributed by atoms with van der Waals surface area (Å²) in [6.45, 7) is 4.50. The zero-order chi connectivity index (χ0) is 44.1. The van der Waals surface area contributed by atoms with E-state index in [9.17, 15) is 29.8 Å². The van der Waals surface area contributed by atoms with Crippen molar-refractivity contribution in [1.82, 2.24) is 0 Å². The second-order valence-corrected chi connectivity index (χ2v) is 34.4. The van der Waals surface area contributed by atoms with E-state index in [1.165, 1.54) is 38.5 Å². The molecule has 0 radical (unpaired) electrons. The summed E-state index contributed by atoms with van der Waals surface area (Å²) in [5.74, 6) is 1.35. The molecule has 0 saturated heterocycles. The maximum Gasteiger partial charge on any atom is 0.268 e. The fraction of sp³-hybridized carbons (Fsp3) is 1.00. The molecule has 0 aromatic rings. The van der Waals surface area contributed by atoms with Crippen LogP contribution in [0.5, 0.6) is 0 Å². The van der Waals surface area contributed by atoms with Crippen LogP contribution in [0.15, 0.2) is 0 Å². The highest BCUT2D eigenvalue weighted by molar-refractivity contribution is 8.03. The zero-order valence-electron chi connectivity index (χ0n) is 37.0. The summed E-state index contributed by atoms with van der Waals surface area (Å²) in [7, 11) is -11.1. The van der Waals surface area contributed by atoms with Gasteiger partial charge in [-0.1, -0.05) is 18.9 Å². The molecule has 18 heteroatoms. The predicted molar refractivity (Wildman–Crippen MR) is 264 cm³/mol. The first kappa shape index (κ1) is 51.3. The minimum atomic E-state index is -4.41. The van der Waals surface area contributed by atoms with Crippen molar-refractivity contribution in [3.05, 3.63) is 0 Å². The van der Waals surface area contributed by atoms with Crippen LogP contribution in [0.2, 0.25) is 0 Å². The van der Waals surface area contributed by atoms with Crippen LogP contribution in [-0.2, 0) is 39.2 Å². The lowest BCUT2D eigenvalue weighted by molar-refractivity contribution is -0.432. The Morgan fingerprint density at radius 2 is 0.742 bits per heavy atom. The van der Waals surface area contributed by atoms with Crippen LogP contribution < -0.4 is 0 Å². The lowest BCUT2D eigenvalue weighted by Gasteiger charge is -2.41. The van der Waals surface area contributed by atoms with Gasteiger partial charge < -0.3 is 0 Å². The van der Waals surface area contributed by atoms with Gasteiger partial charge in [0.2, 0.25) is 0 Å². The molecular formula is C44H76O10S8. The zero-order valence-corrected chi connectivity index (χ0v) is 43.6. The van der Waals surface area contributed by atoms with E-state index in [0.717, 1.165) is 107 Å². The van der Waals surface area contributed by atoms with Crippen LogP contribution in [0.4, 0.5) is 0 Å². The number of hydrogen-bond acceptors (Lipinski definition) is 14. The van der Waals surface area contributed by atoms with Crippen molar-refractivity contribution in [3.8, 4) is 0 Å². The fourth-order valence-corrected chi connectivity index (χ4v) is 26.3. The first-order chi connectivity index (χ1) is 29.6. The van der Waals surface area contributed by atoms with Gasteiger partial charge in [0.1, 0.15) is 0 Å². The van der Waals surface area contributed by atoms with Crippen LogP contribution in [0.3, 0.4) is 0 Å². The summed E-state index contributed by atoms with van der Waals surface area (Å²) in [6.07, 6.45) is 24.1. The molecule has 2 N–H and O–H groups in total. The van der Waals surface area contributed by atoms with E-state index in [-0.39, 0.29) is 32.7 Å². The molecule has 7 aliphatic rings. The van der Waals surface area contributed by atoms with Gasteiger partial charge in [-0.3, -0.25) is 4.55 Å². The molecule has 7 rings (SSSR count). The Morgan fingerprint density at radius 3 is 1.21 bits per heavy atom. The van der Waals surface area contributed by atoms with E-state index in [0.29, 0.717) is 70.2 Å². The summed E-state index contributed by atoms with van der Waals surface area (Å²) in [4.78, 5) is 0. The highest BCUT2D eigenvalue weighted by atomic mass is 32.2. The Labute approximate surface area is 396 Å². The number of thioether (sulfide) groups is 4. The van der Waals surface area contributed by atoms with Gasteiger partial charge >= 0.3 is 0 Å². The van der Waals surface area contributed by atoms with Gasteiger partial charge in [-0.15, -0.1) is 4.33 Å². The van der Waals surface area contributed by atoms with Gasteiger partial charge in [-0.25, -0.2) is 22.1 Å². The smallest absolute Gasteiger partial charge is 0.268 e. The average Bonchev–Trinajstić information content (AvgIpc) is 3.25. The molecule has 7 saturated carbocycles. The van der Waals surface area contributed by atoms with Gasteiger partial charge in [0, 0.05) is 59.3 Å². The number of hydrogen-bond donors (Lipinski definition) is 2. The fourth-order valence-electron chi connectivity index (χ4n) is 12.1. The third kappa shape index (κ3) is 13.8. The second kappa shape index (κ2) is 23.4. The summed E-state index contributed by atoms with van der Waals surface area (Å²) >= 11 is 9.00. The molecule has 7 aliphatic carbocycles. The summed E-state index contributed by atoms with van der Waals surface area (Å²) < 4.78 is 95.9. The molecule has 6 atom stereocenters. The molecule has 0 amide bonds. The van der Waals surface area contributed by atoms with E-state index in [4.69, 9.17) is 9.59 Å². The highest BCUT2D eigenvalue weighted by Gasteiger charge is 2.48. The van der Waals surface area contributed by atoms with Crippen LogP contribution in [0.25, 0.3) is 0 Å². The maximum atomic E-state index is 14.2. The summed E-state index contributed by atoms with van der Waals surface area (Å²) in [5.41, 5.74) is 0. The minimum absolute atomic E-state index is 0.0527. The number of sulfone groups is 2. The third-order valence-corrected chi connectivity index (χ3v) is 31.1. The Morgan fingerprint density at radius 1 is 0.403 bits per heavy atom. The third-order valence-electron chi connectivity index (χ3n) is 16.1. The molecule has 0 aromatic heterocycles. The topological polar surface area (TPSA) is 161 Å². The monoisotopic (exact) mass is 1020 g/mol. The predicted octanol–water partition coefficient (Wildman–Crippen LogP) is 11.4. The van der Waals surface area contributed by atoms with Crippen molar-refractivity contribution in [3.63, 3.8) is 0 Å². The molecule has 62 heavy (non-hydrogen) atoms. The van der Waals surface area contributed by atoms with Crippen molar-refractivity contribution in [2.45, 2.75) is 254 Å². The molecule has 0 bridgehead atoms. The molecule has 0 spiro atoms. The van der Waals surface area contributed by atoms with Crippen LogP contribution in [-0.4, -0.2) is 109 Å². The van der Waals surface area contributed by atoms with Gasteiger partial charge in [-0.05, 0) is 179 Å². The Hall–Kier alpha value is 1.44. The van der Waals surface area contributed by atoms with E-state index in [2.05, 4.69) is 42.4 Å². The van der Waals surface area contributed by atoms with Crippen molar-refractivity contribution in [1.29, 1.82) is 0 Å². The van der Waals surface area contributed by atoms with Crippen LogP contribution in [0.1, 0.15) is 181 Å². The second-order valence-electron chi connectivity index (χ2n) is 20.5. The summed E-state index contributed by atoms with van der Waals surface area (Å²) in [5, 5.41) is 13.5. The lowest BCUT2D eigenvalue weighted by atomic mass is 9.91. The molecule has 360 valence electrons. The van der Waals surface area contributed by atoms with Gasteiger partial charge in [-0.2, -0.15) is 55.5 Å². The van der Waals surface area contributed by atoms with E-state index in [1.54, 1.807) is 11.8 Å². The van der Waals surface area contributed by atoms with Crippen molar-refractivity contribution < 1.29 is 44.4 Å². The van der Waals surface area contributed by atoms with Crippen molar-refractivity contribution in [2.75, 3.05) is 0 Å². The first-order valence-electron chi connectivity index (χ1n) is 24.3. The van der Waals surface area contributed by atoms with E-state index >= 15 is 0 Å². The number of rotatable bonds is 16. The molecule has 7 fully saturated rings. The SMILES string of the molecule is CC1CCC(SC2CCC(S(=O)(=O)C3CCC(SC4CCC(SC5CCC(SC6CCC(S(=O)(=O)C7CCC(C)CC7)CC6)CC5)CC4)C(SOOO)C3)CC2S(=O)(=O)O)CC1.